The number of ether oxygens (including phenoxy) is 1. The van der Waals surface area contributed by atoms with E-state index in [1.54, 1.807) is 0 Å². The number of pyridine rings is 1. The summed E-state index contributed by atoms with van der Waals surface area (Å²) in [6.07, 6.45) is 0.480. The maximum atomic E-state index is 11.3. The standard InChI is InChI=1S/C23H21N3O4S/c1-15(19-11-8-17-4-2-3-5-20(17)24-19)26-30-13-12-29-18-9-6-16(7-10-18)14-21-22(27)25-23(28)31-21/h2-11,26-27H,1,12-14H2,(H,25,28). The molecule has 0 saturated carbocycles. The summed E-state index contributed by atoms with van der Waals surface area (Å²) in [5, 5.41) is 10.7. The number of aromatic nitrogens is 2. The molecule has 0 spiro atoms. The zero-order valence-corrected chi connectivity index (χ0v) is 17.4. The maximum absolute atomic E-state index is 11.3. The van der Waals surface area contributed by atoms with Crippen LogP contribution in [0, 0.1) is 0 Å². The summed E-state index contributed by atoms with van der Waals surface area (Å²) >= 11 is 1.01. The van der Waals surface area contributed by atoms with Gasteiger partial charge in [-0.25, -0.2) is 4.98 Å². The number of nitrogens with zero attached hydrogens (tertiary/aromatic N) is 1. The predicted molar refractivity (Wildman–Crippen MR) is 121 cm³/mol. The number of aromatic hydroxyl groups is 1. The van der Waals surface area contributed by atoms with Gasteiger partial charge >= 0.3 is 4.87 Å². The Bertz CT molecular complexity index is 1250. The lowest BCUT2D eigenvalue weighted by Gasteiger charge is -2.11. The summed E-state index contributed by atoms with van der Waals surface area (Å²) in [7, 11) is 0. The van der Waals surface area contributed by atoms with Gasteiger partial charge in [-0.3, -0.25) is 20.1 Å². The van der Waals surface area contributed by atoms with Crippen molar-refractivity contribution in [2.75, 3.05) is 13.2 Å². The zero-order valence-electron chi connectivity index (χ0n) is 16.6. The molecule has 7 nitrogen and oxygen atoms in total. The molecule has 2 aromatic heterocycles. The molecule has 0 aliphatic heterocycles. The van der Waals surface area contributed by atoms with E-state index in [-0.39, 0.29) is 10.8 Å². The van der Waals surface area contributed by atoms with Gasteiger partial charge in [0.2, 0.25) is 5.88 Å². The second-order valence-electron chi connectivity index (χ2n) is 6.77. The van der Waals surface area contributed by atoms with E-state index in [4.69, 9.17) is 9.57 Å². The van der Waals surface area contributed by atoms with Crippen molar-refractivity contribution in [3.8, 4) is 11.6 Å². The third-order valence-corrected chi connectivity index (χ3v) is 5.42. The number of hydrogen-bond acceptors (Lipinski definition) is 7. The molecule has 4 aromatic rings. The van der Waals surface area contributed by atoms with E-state index >= 15 is 0 Å². The molecule has 2 aromatic carbocycles. The number of H-pyrrole nitrogens is 1. The lowest BCUT2D eigenvalue weighted by Crippen LogP contribution is -2.17. The predicted octanol–water partition coefficient (Wildman–Crippen LogP) is 3.85. The molecule has 0 fully saturated rings. The molecule has 0 radical (unpaired) electrons. The molecular formula is C23H21N3O4S. The number of aromatic amines is 1. The number of nitrogens with one attached hydrogen (secondary N) is 2. The van der Waals surface area contributed by atoms with E-state index in [0.29, 0.717) is 41.7 Å². The summed E-state index contributed by atoms with van der Waals surface area (Å²) in [5.41, 5.74) is 5.96. The van der Waals surface area contributed by atoms with Crippen LogP contribution in [0.5, 0.6) is 11.6 Å². The number of rotatable bonds is 9. The van der Waals surface area contributed by atoms with Gasteiger partial charge in [0.15, 0.2) is 0 Å². The van der Waals surface area contributed by atoms with Crippen molar-refractivity contribution in [2.45, 2.75) is 6.42 Å². The summed E-state index contributed by atoms with van der Waals surface area (Å²) in [4.78, 5) is 24.0. The van der Waals surface area contributed by atoms with Crippen molar-refractivity contribution in [3.63, 3.8) is 0 Å². The Balaban J connectivity index is 1.21. The van der Waals surface area contributed by atoms with Gasteiger partial charge in [-0.2, -0.15) is 0 Å². The van der Waals surface area contributed by atoms with Crippen LogP contribution in [0.3, 0.4) is 0 Å². The van der Waals surface area contributed by atoms with Gasteiger partial charge in [-0.1, -0.05) is 54.3 Å². The second kappa shape index (κ2) is 9.46. The Labute approximate surface area is 182 Å². The molecule has 0 bridgehead atoms. The minimum atomic E-state index is -0.264. The van der Waals surface area contributed by atoms with Gasteiger partial charge in [0.25, 0.3) is 0 Å². The van der Waals surface area contributed by atoms with Gasteiger partial charge < -0.3 is 9.84 Å². The van der Waals surface area contributed by atoms with E-state index in [0.717, 1.165) is 27.8 Å². The molecule has 31 heavy (non-hydrogen) atoms. The highest BCUT2D eigenvalue weighted by atomic mass is 32.1. The minimum absolute atomic E-state index is 0.0690. The van der Waals surface area contributed by atoms with Crippen LogP contribution in [0.4, 0.5) is 0 Å². The molecule has 0 aliphatic carbocycles. The average Bonchev–Trinajstić information content (AvgIpc) is 3.10. The monoisotopic (exact) mass is 435 g/mol. The van der Waals surface area contributed by atoms with Crippen LogP contribution in [0.25, 0.3) is 16.6 Å². The normalized spacial score (nSPS) is 10.8. The fourth-order valence-electron chi connectivity index (χ4n) is 2.99. The van der Waals surface area contributed by atoms with Crippen LogP contribution in [-0.2, 0) is 11.3 Å². The fraction of sp³-hybridized carbons (Fsp3) is 0.130. The van der Waals surface area contributed by atoms with Gasteiger partial charge in [0.05, 0.1) is 21.8 Å². The minimum Gasteiger partial charge on any atom is -0.494 e. The molecule has 4 rings (SSSR count). The Morgan fingerprint density at radius 3 is 2.68 bits per heavy atom. The Kier molecular flexibility index (Phi) is 6.30. The van der Waals surface area contributed by atoms with E-state index in [9.17, 15) is 9.90 Å². The number of thiazole rings is 1. The quantitative estimate of drug-likeness (QED) is 0.273. The number of para-hydroxylation sites is 1. The molecule has 8 heteroatoms. The van der Waals surface area contributed by atoms with E-state index < -0.39 is 0 Å². The largest absolute Gasteiger partial charge is 0.494 e. The van der Waals surface area contributed by atoms with Gasteiger partial charge in [-0.15, -0.1) is 0 Å². The first-order valence-corrected chi connectivity index (χ1v) is 10.5. The molecule has 0 amide bonds. The van der Waals surface area contributed by atoms with Crippen molar-refractivity contribution in [3.05, 3.63) is 93.0 Å². The number of hydrogen-bond donors (Lipinski definition) is 3. The summed E-state index contributed by atoms with van der Waals surface area (Å²) in [5.74, 6) is 0.634. The van der Waals surface area contributed by atoms with Gasteiger partial charge in [-0.05, 0) is 29.8 Å². The smallest absolute Gasteiger partial charge is 0.307 e. The zero-order chi connectivity index (χ0) is 21.6. The third kappa shape index (κ3) is 5.30. The van der Waals surface area contributed by atoms with E-state index in [2.05, 4.69) is 22.0 Å². The first-order chi connectivity index (χ1) is 15.1. The summed E-state index contributed by atoms with van der Waals surface area (Å²) in [6.45, 7) is 4.63. The highest BCUT2D eigenvalue weighted by Crippen LogP contribution is 2.21. The highest BCUT2D eigenvalue weighted by molar-refractivity contribution is 7.09. The molecular weight excluding hydrogens is 414 g/mol. The maximum Gasteiger partial charge on any atom is 0.307 e. The highest BCUT2D eigenvalue weighted by Gasteiger charge is 2.08. The van der Waals surface area contributed by atoms with Crippen LogP contribution in [-0.4, -0.2) is 28.3 Å². The Hall–Kier alpha value is -3.62. The van der Waals surface area contributed by atoms with Crippen molar-refractivity contribution >= 4 is 27.9 Å². The lowest BCUT2D eigenvalue weighted by atomic mass is 10.1. The lowest BCUT2D eigenvalue weighted by molar-refractivity contribution is 0.0540. The third-order valence-electron chi connectivity index (χ3n) is 4.55. The molecule has 2 heterocycles. The second-order valence-corrected chi connectivity index (χ2v) is 7.84. The number of fused-ring (bicyclic) bond motifs is 1. The topological polar surface area (TPSA) is 96.5 Å². The van der Waals surface area contributed by atoms with Crippen LogP contribution < -0.4 is 15.1 Å². The average molecular weight is 436 g/mol. The van der Waals surface area contributed by atoms with Crippen LogP contribution >= 0.6 is 11.3 Å². The fourth-order valence-corrected chi connectivity index (χ4v) is 3.74. The van der Waals surface area contributed by atoms with Gasteiger partial charge in [0, 0.05) is 11.8 Å². The Morgan fingerprint density at radius 2 is 1.90 bits per heavy atom. The van der Waals surface area contributed by atoms with Crippen molar-refractivity contribution in [1.29, 1.82) is 0 Å². The molecule has 0 saturated heterocycles. The van der Waals surface area contributed by atoms with Gasteiger partial charge in [0.1, 0.15) is 19.0 Å². The van der Waals surface area contributed by atoms with Crippen molar-refractivity contribution in [2.24, 2.45) is 0 Å². The Morgan fingerprint density at radius 1 is 1.10 bits per heavy atom. The molecule has 158 valence electrons. The first-order valence-electron chi connectivity index (χ1n) is 9.64. The van der Waals surface area contributed by atoms with Crippen LogP contribution in [0.2, 0.25) is 0 Å². The van der Waals surface area contributed by atoms with Crippen LogP contribution in [0.1, 0.15) is 16.1 Å². The number of benzene rings is 2. The van der Waals surface area contributed by atoms with Crippen LogP contribution in [0.15, 0.2) is 72.0 Å². The van der Waals surface area contributed by atoms with E-state index in [1.165, 1.54) is 0 Å². The first kappa shape index (κ1) is 20.6. The SMILES string of the molecule is C=C(NOCCOc1ccc(Cc2sc(=O)[nH]c2O)cc1)c1ccc2ccccc2n1. The molecule has 0 aliphatic rings. The van der Waals surface area contributed by atoms with Crippen molar-refractivity contribution < 1.29 is 14.7 Å². The molecule has 0 unspecified atom stereocenters. The molecule has 0 atom stereocenters. The number of hydroxylamine groups is 1. The van der Waals surface area contributed by atoms with E-state index in [1.807, 2.05) is 60.7 Å². The summed E-state index contributed by atoms with van der Waals surface area (Å²) in [6, 6.07) is 19.2. The summed E-state index contributed by atoms with van der Waals surface area (Å²) < 4.78 is 5.67. The molecule has 3 N–H and O–H groups in total. The van der Waals surface area contributed by atoms with Crippen molar-refractivity contribution in [1.82, 2.24) is 15.4 Å².